The van der Waals surface area contributed by atoms with Crippen molar-refractivity contribution in [2.24, 2.45) is 7.05 Å². The predicted molar refractivity (Wildman–Crippen MR) is 113 cm³/mol. The first-order valence-electron chi connectivity index (χ1n) is 10.6. The van der Waals surface area contributed by atoms with Crippen molar-refractivity contribution in [1.82, 2.24) is 24.7 Å². The number of carboxylic acid groups (broad SMARTS) is 1. The van der Waals surface area contributed by atoms with Crippen molar-refractivity contribution in [3.8, 4) is 0 Å². The molecule has 2 saturated heterocycles. The van der Waals surface area contributed by atoms with Gasteiger partial charge in [0.15, 0.2) is 0 Å². The topological polar surface area (TPSA) is 126 Å². The molecule has 2 aliphatic rings. The lowest BCUT2D eigenvalue weighted by Crippen LogP contribution is -2.55. The summed E-state index contributed by atoms with van der Waals surface area (Å²) in [5.41, 5.74) is 2.16. The minimum atomic E-state index is -0.807. The smallest absolute Gasteiger partial charge is 0.329 e. The van der Waals surface area contributed by atoms with Gasteiger partial charge in [0.05, 0.1) is 11.0 Å². The molecule has 10 heteroatoms. The zero-order chi connectivity index (χ0) is 22.1. The molecule has 0 aliphatic carbocycles. The molecular weight excluding hydrogens is 402 g/mol. The molecule has 2 aliphatic heterocycles. The first-order chi connectivity index (χ1) is 14.9. The van der Waals surface area contributed by atoms with Gasteiger partial charge in [-0.3, -0.25) is 33.7 Å². The molecule has 10 nitrogen and oxygen atoms in total. The second-order valence-corrected chi connectivity index (χ2v) is 8.20. The van der Waals surface area contributed by atoms with Crippen LogP contribution >= 0.6 is 0 Å². The average molecular weight is 429 g/mol. The van der Waals surface area contributed by atoms with Gasteiger partial charge in [0.25, 0.3) is 0 Å². The van der Waals surface area contributed by atoms with Crippen LogP contribution in [0.3, 0.4) is 0 Å². The monoisotopic (exact) mass is 429 g/mol. The summed E-state index contributed by atoms with van der Waals surface area (Å²) in [6.45, 7) is 2.63. The van der Waals surface area contributed by atoms with E-state index < -0.39 is 24.0 Å². The number of rotatable bonds is 6. The number of carbonyl (C=O) groups is 3. The Hall–Kier alpha value is -2.98. The van der Waals surface area contributed by atoms with E-state index in [-0.39, 0.29) is 18.0 Å². The maximum Gasteiger partial charge on any atom is 0.329 e. The molecular formula is C21H27N5O5. The molecule has 0 bridgehead atoms. The van der Waals surface area contributed by atoms with Crippen molar-refractivity contribution in [2.75, 3.05) is 26.2 Å². The zero-order valence-electron chi connectivity index (χ0n) is 17.5. The summed E-state index contributed by atoms with van der Waals surface area (Å²) in [6.07, 6.45) is 2.07. The summed E-state index contributed by atoms with van der Waals surface area (Å²) in [4.78, 5) is 50.0. The van der Waals surface area contributed by atoms with Crippen molar-refractivity contribution in [1.29, 1.82) is 0 Å². The van der Waals surface area contributed by atoms with E-state index in [0.717, 1.165) is 30.5 Å². The fourth-order valence-electron chi connectivity index (χ4n) is 4.54. The number of carboxylic acids is 1. The van der Waals surface area contributed by atoms with Crippen LogP contribution in [-0.4, -0.2) is 69.1 Å². The molecule has 3 N–H and O–H groups in total. The van der Waals surface area contributed by atoms with E-state index in [1.807, 2.05) is 23.1 Å². The molecule has 0 radical (unpaired) electrons. The second kappa shape index (κ2) is 8.64. The van der Waals surface area contributed by atoms with Crippen molar-refractivity contribution in [3.63, 3.8) is 0 Å². The van der Waals surface area contributed by atoms with Crippen LogP contribution in [0.25, 0.3) is 11.0 Å². The van der Waals surface area contributed by atoms with E-state index in [4.69, 9.17) is 0 Å². The van der Waals surface area contributed by atoms with Crippen LogP contribution in [-0.2, 0) is 27.9 Å². The molecule has 1 aromatic carbocycles. The number of aromatic nitrogens is 2. The van der Waals surface area contributed by atoms with Gasteiger partial charge in [-0.2, -0.15) is 0 Å². The number of nitrogens with one attached hydrogen (secondary N) is 2. The maximum atomic E-state index is 12.8. The summed E-state index contributed by atoms with van der Waals surface area (Å²) in [7, 11) is 1.68. The van der Waals surface area contributed by atoms with Crippen LogP contribution in [0.15, 0.2) is 23.0 Å². The lowest BCUT2D eigenvalue weighted by Gasteiger charge is -2.33. The SMILES string of the molecule is Cn1c(=O)n(C2CCC(=O)NC2=O)c2ccc(CCCN3CCNC[C@H]3C(=O)O)cc21. The number of fused-ring (bicyclic) bond motifs is 1. The maximum absolute atomic E-state index is 12.8. The third-order valence-electron chi connectivity index (χ3n) is 6.23. The third-order valence-corrected chi connectivity index (χ3v) is 6.23. The second-order valence-electron chi connectivity index (χ2n) is 8.20. The Balaban J connectivity index is 1.50. The average Bonchev–Trinajstić information content (AvgIpc) is 2.99. The summed E-state index contributed by atoms with van der Waals surface area (Å²) in [6, 6.07) is 4.54. The van der Waals surface area contributed by atoms with Gasteiger partial charge in [-0.05, 0) is 43.5 Å². The molecule has 0 saturated carbocycles. The minimum Gasteiger partial charge on any atom is -0.480 e. The van der Waals surface area contributed by atoms with Crippen LogP contribution in [0.2, 0.25) is 0 Å². The van der Waals surface area contributed by atoms with Gasteiger partial charge in [0.2, 0.25) is 11.8 Å². The fourth-order valence-corrected chi connectivity index (χ4v) is 4.54. The Bertz CT molecular complexity index is 1090. The van der Waals surface area contributed by atoms with Gasteiger partial charge < -0.3 is 10.4 Å². The van der Waals surface area contributed by atoms with Gasteiger partial charge >= 0.3 is 11.7 Å². The standard InChI is InChI=1S/C21H27N5O5/c1-24-16-11-13(3-2-9-25-10-8-22-12-17(25)20(29)30)4-5-14(16)26(21(24)31)15-6-7-18(27)23-19(15)28/h4-5,11,15,17,22H,2-3,6-10,12H2,1H3,(H,29,30)(H,23,27,28)/t15?,17-/m0/s1. The Morgan fingerprint density at radius 1 is 1.23 bits per heavy atom. The number of imidazole rings is 1. The Morgan fingerprint density at radius 2 is 2.03 bits per heavy atom. The quantitative estimate of drug-likeness (QED) is 0.534. The fraction of sp³-hybridized carbons (Fsp3) is 0.524. The lowest BCUT2D eigenvalue weighted by molar-refractivity contribution is -0.144. The summed E-state index contributed by atoms with van der Waals surface area (Å²) in [5.74, 6) is -1.57. The number of carbonyl (C=O) groups excluding carboxylic acids is 2. The Morgan fingerprint density at radius 3 is 2.77 bits per heavy atom. The molecule has 0 spiro atoms. The van der Waals surface area contributed by atoms with E-state index in [9.17, 15) is 24.3 Å². The molecule has 4 rings (SSSR count). The van der Waals surface area contributed by atoms with Crippen LogP contribution < -0.4 is 16.3 Å². The predicted octanol–water partition coefficient (Wildman–Crippen LogP) is -0.391. The first-order valence-corrected chi connectivity index (χ1v) is 10.6. The van der Waals surface area contributed by atoms with Crippen molar-refractivity contribution in [2.45, 2.75) is 37.8 Å². The number of nitrogens with zero attached hydrogens (tertiary/aromatic N) is 3. The number of imide groups is 1. The highest BCUT2D eigenvalue weighted by molar-refractivity contribution is 6.00. The number of hydrogen-bond acceptors (Lipinski definition) is 6. The molecule has 2 atom stereocenters. The van der Waals surface area contributed by atoms with E-state index in [2.05, 4.69) is 10.6 Å². The van der Waals surface area contributed by atoms with Crippen LogP contribution in [0.5, 0.6) is 0 Å². The number of piperazine rings is 1. The minimum absolute atomic E-state index is 0.209. The van der Waals surface area contributed by atoms with E-state index in [1.54, 1.807) is 7.05 Å². The number of benzene rings is 1. The molecule has 2 aromatic rings. The molecule has 1 unspecified atom stereocenters. The number of aryl methyl sites for hydroxylation is 2. The molecule has 1 aromatic heterocycles. The first kappa shape index (κ1) is 21.3. The van der Waals surface area contributed by atoms with Gasteiger partial charge in [0, 0.05) is 33.1 Å². The van der Waals surface area contributed by atoms with Crippen LogP contribution in [0, 0.1) is 0 Å². The van der Waals surface area contributed by atoms with Gasteiger partial charge in [-0.15, -0.1) is 0 Å². The zero-order valence-corrected chi connectivity index (χ0v) is 17.5. The highest BCUT2D eigenvalue weighted by Gasteiger charge is 2.31. The lowest BCUT2D eigenvalue weighted by atomic mass is 10.0. The molecule has 166 valence electrons. The molecule has 31 heavy (non-hydrogen) atoms. The van der Waals surface area contributed by atoms with Crippen molar-refractivity contribution in [3.05, 3.63) is 34.2 Å². The van der Waals surface area contributed by atoms with E-state index >= 15 is 0 Å². The molecule has 3 heterocycles. The van der Waals surface area contributed by atoms with Gasteiger partial charge in [-0.1, -0.05) is 6.07 Å². The summed E-state index contributed by atoms with van der Waals surface area (Å²) in [5, 5.41) is 14.8. The van der Waals surface area contributed by atoms with Crippen molar-refractivity contribution >= 4 is 28.8 Å². The summed E-state index contributed by atoms with van der Waals surface area (Å²) < 4.78 is 3.00. The highest BCUT2D eigenvalue weighted by atomic mass is 16.4. The van der Waals surface area contributed by atoms with Crippen molar-refractivity contribution < 1.29 is 19.5 Å². The third kappa shape index (κ3) is 4.13. The van der Waals surface area contributed by atoms with Crippen LogP contribution in [0.4, 0.5) is 0 Å². The van der Waals surface area contributed by atoms with Gasteiger partial charge in [-0.25, -0.2) is 4.79 Å². The van der Waals surface area contributed by atoms with Gasteiger partial charge in [0.1, 0.15) is 12.1 Å². The number of piperidine rings is 1. The van der Waals surface area contributed by atoms with Crippen LogP contribution in [0.1, 0.15) is 30.9 Å². The number of aliphatic carboxylic acids is 1. The normalized spacial score (nSPS) is 22.6. The van der Waals surface area contributed by atoms with E-state index in [0.29, 0.717) is 31.6 Å². The van der Waals surface area contributed by atoms with E-state index in [1.165, 1.54) is 9.13 Å². The molecule has 2 fully saturated rings. The number of amides is 2. The Labute approximate surface area is 178 Å². The largest absolute Gasteiger partial charge is 0.480 e. The highest BCUT2D eigenvalue weighted by Crippen LogP contribution is 2.24. The summed E-state index contributed by atoms with van der Waals surface area (Å²) >= 11 is 0. The Kier molecular flexibility index (Phi) is 5.92. The number of hydrogen-bond donors (Lipinski definition) is 3. The molecule has 2 amide bonds.